The van der Waals surface area contributed by atoms with E-state index >= 15 is 0 Å². The van der Waals surface area contributed by atoms with E-state index in [1.807, 2.05) is 19.1 Å². The van der Waals surface area contributed by atoms with Gasteiger partial charge in [0.2, 0.25) is 5.91 Å². The lowest BCUT2D eigenvalue weighted by molar-refractivity contribution is -0.120. The summed E-state index contributed by atoms with van der Waals surface area (Å²) in [5.74, 6) is 0.717. The molecule has 19 heavy (non-hydrogen) atoms. The van der Waals surface area contributed by atoms with Crippen LogP contribution >= 0.6 is 0 Å². The van der Waals surface area contributed by atoms with Gasteiger partial charge in [0.05, 0.1) is 5.52 Å². The summed E-state index contributed by atoms with van der Waals surface area (Å²) in [6, 6.07) is 5.47. The second-order valence-electron chi connectivity index (χ2n) is 4.13. The maximum atomic E-state index is 11.3. The molecule has 1 aromatic heterocycles. The quantitative estimate of drug-likeness (QED) is 0.700. The molecule has 0 aliphatic rings. The largest absolute Gasteiger partial charge is 0.399 e. The molecule has 0 radical (unpaired) electrons. The highest BCUT2D eigenvalue weighted by atomic mass is 16.1. The maximum absolute atomic E-state index is 11.3. The lowest BCUT2D eigenvalue weighted by Crippen LogP contribution is -2.24. The van der Waals surface area contributed by atoms with Crippen molar-refractivity contribution in [3.63, 3.8) is 0 Å². The molecule has 0 bridgehead atoms. The molecule has 0 spiro atoms. The highest BCUT2D eigenvalue weighted by Crippen LogP contribution is 2.21. The number of carbonyl (C=O) groups excluding carboxylic acids is 1. The van der Waals surface area contributed by atoms with Crippen molar-refractivity contribution < 1.29 is 4.79 Å². The number of hydrogen-bond acceptors (Lipinski definition) is 5. The van der Waals surface area contributed by atoms with Gasteiger partial charge in [0.1, 0.15) is 12.1 Å². The number of benzene rings is 1. The molecular formula is C13H17N5O. The normalized spacial score (nSPS) is 10.4. The summed E-state index contributed by atoms with van der Waals surface area (Å²) < 4.78 is 0. The summed E-state index contributed by atoms with van der Waals surface area (Å²) >= 11 is 0. The van der Waals surface area contributed by atoms with Gasteiger partial charge in [-0.05, 0) is 25.1 Å². The van der Waals surface area contributed by atoms with Crippen molar-refractivity contribution >= 4 is 28.3 Å². The minimum Gasteiger partial charge on any atom is -0.399 e. The van der Waals surface area contributed by atoms with Crippen molar-refractivity contribution in [1.29, 1.82) is 0 Å². The van der Waals surface area contributed by atoms with Crippen molar-refractivity contribution in [3.8, 4) is 0 Å². The molecule has 1 heterocycles. The van der Waals surface area contributed by atoms with E-state index in [4.69, 9.17) is 5.73 Å². The number of amides is 1. The first-order valence-electron chi connectivity index (χ1n) is 6.21. The van der Waals surface area contributed by atoms with E-state index in [0.29, 0.717) is 31.0 Å². The summed E-state index contributed by atoms with van der Waals surface area (Å²) in [6.45, 7) is 3.06. The van der Waals surface area contributed by atoms with Crippen LogP contribution in [0.4, 0.5) is 11.5 Å². The molecule has 0 aliphatic heterocycles. The van der Waals surface area contributed by atoms with Gasteiger partial charge in [-0.25, -0.2) is 9.97 Å². The Hall–Kier alpha value is -2.37. The molecule has 6 nitrogen and oxygen atoms in total. The van der Waals surface area contributed by atoms with Crippen molar-refractivity contribution in [2.75, 3.05) is 24.1 Å². The first-order chi connectivity index (χ1) is 9.20. The van der Waals surface area contributed by atoms with E-state index in [2.05, 4.69) is 20.6 Å². The first kappa shape index (κ1) is 13.1. The molecule has 0 fully saturated rings. The fourth-order valence-corrected chi connectivity index (χ4v) is 1.80. The van der Waals surface area contributed by atoms with Crippen LogP contribution in [-0.4, -0.2) is 29.0 Å². The van der Waals surface area contributed by atoms with E-state index in [1.165, 1.54) is 6.33 Å². The predicted octanol–water partition coefficient (Wildman–Crippen LogP) is 1.15. The van der Waals surface area contributed by atoms with Gasteiger partial charge in [0.15, 0.2) is 0 Å². The zero-order valence-corrected chi connectivity index (χ0v) is 10.8. The minimum atomic E-state index is 0.0212. The van der Waals surface area contributed by atoms with Crippen LogP contribution in [0.25, 0.3) is 10.9 Å². The Kier molecular flexibility index (Phi) is 4.12. The van der Waals surface area contributed by atoms with Gasteiger partial charge in [-0.1, -0.05) is 0 Å². The van der Waals surface area contributed by atoms with Crippen LogP contribution in [0.2, 0.25) is 0 Å². The van der Waals surface area contributed by atoms with Crippen molar-refractivity contribution in [2.45, 2.75) is 13.3 Å². The summed E-state index contributed by atoms with van der Waals surface area (Å²) in [7, 11) is 0. The number of nitrogens with one attached hydrogen (secondary N) is 2. The fraction of sp³-hybridized carbons (Fsp3) is 0.308. The van der Waals surface area contributed by atoms with Crippen molar-refractivity contribution in [3.05, 3.63) is 24.5 Å². The number of carbonyl (C=O) groups is 1. The van der Waals surface area contributed by atoms with Crippen LogP contribution in [0.15, 0.2) is 24.5 Å². The molecular weight excluding hydrogens is 242 g/mol. The third-order valence-electron chi connectivity index (χ3n) is 2.68. The van der Waals surface area contributed by atoms with Crippen molar-refractivity contribution in [1.82, 2.24) is 15.3 Å². The molecule has 0 unspecified atom stereocenters. The van der Waals surface area contributed by atoms with Gasteiger partial charge < -0.3 is 16.4 Å². The third-order valence-corrected chi connectivity index (χ3v) is 2.68. The van der Waals surface area contributed by atoms with Crippen LogP contribution in [0.5, 0.6) is 0 Å². The Morgan fingerprint density at radius 3 is 3.00 bits per heavy atom. The van der Waals surface area contributed by atoms with E-state index < -0.39 is 0 Å². The molecule has 4 N–H and O–H groups in total. The topological polar surface area (TPSA) is 92.9 Å². The predicted molar refractivity (Wildman–Crippen MR) is 75.7 cm³/mol. The molecule has 2 aromatic rings. The number of nitrogens with zero attached hydrogens (tertiary/aromatic N) is 2. The number of nitrogen functional groups attached to an aromatic ring is 1. The molecule has 100 valence electrons. The molecule has 1 amide bonds. The Labute approximate surface area is 111 Å². The van der Waals surface area contributed by atoms with Gasteiger partial charge in [0.25, 0.3) is 0 Å². The Balaban J connectivity index is 2.08. The molecule has 2 rings (SSSR count). The molecule has 0 aliphatic carbocycles. The van der Waals surface area contributed by atoms with Crippen LogP contribution in [-0.2, 0) is 4.79 Å². The second kappa shape index (κ2) is 5.99. The SMILES string of the molecule is CCNC(=O)CCNc1ncnc2ccc(N)cc12. The molecule has 6 heteroatoms. The van der Waals surface area contributed by atoms with Gasteiger partial charge in [-0.2, -0.15) is 0 Å². The zero-order valence-electron chi connectivity index (χ0n) is 10.8. The zero-order chi connectivity index (χ0) is 13.7. The molecule has 0 atom stereocenters. The summed E-state index contributed by atoms with van der Waals surface area (Å²) in [4.78, 5) is 19.7. The van der Waals surface area contributed by atoms with Crippen LogP contribution in [0, 0.1) is 0 Å². The van der Waals surface area contributed by atoms with E-state index in [9.17, 15) is 4.79 Å². The monoisotopic (exact) mass is 259 g/mol. The van der Waals surface area contributed by atoms with Gasteiger partial charge in [-0.3, -0.25) is 4.79 Å². The lowest BCUT2D eigenvalue weighted by atomic mass is 10.2. The van der Waals surface area contributed by atoms with Crippen molar-refractivity contribution in [2.24, 2.45) is 0 Å². The average molecular weight is 259 g/mol. The van der Waals surface area contributed by atoms with Crippen LogP contribution in [0.3, 0.4) is 0 Å². The average Bonchev–Trinajstić information content (AvgIpc) is 2.39. The number of anilines is 2. The second-order valence-corrected chi connectivity index (χ2v) is 4.13. The molecule has 1 aromatic carbocycles. The fourth-order valence-electron chi connectivity index (χ4n) is 1.80. The highest BCUT2D eigenvalue weighted by Gasteiger charge is 2.05. The summed E-state index contributed by atoms with van der Waals surface area (Å²) in [5.41, 5.74) is 7.25. The Morgan fingerprint density at radius 2 is 2.21 bits per heavy atom. The van der Waals surface area contributed by atoms with Gasteiger partial charge in [-0.15, -0.1) is 0 Å². The lowest BCUT2D eigenvalue weighted by Gasteiger charge is -2.08. The Bertz CT molecular complexity index is 584. The maximum Gasteiger partial charge on any atom is 0.221 e. The highest BCUT2D eigenvalue weighted by molar-refractivity contribution is 5.91. The minimum absolute atomic E-state index is 0.0212. The summed E-state index contributed by atoms with van der Waals surface area (Å²) in [5, 5.41) is 6.74. The molecule has 0 saturated carbocycles. The van der Waals surface area contributed by atoms with Gasteiger partial charge >= 0.3 is 0 Å². The van der Waals surface area contributed by atoms with Crippen LogP contribution in [0.1, 0.15) is 13.3 Å². The molecule has 0 saturated heterocycles. The smallest absolute Gasteiger partial charge is 0.221 e. The van der Waals surface area contributed by atoms with E-state index in [-0.39, 0.29) is 5.91 Å². The number of fused-ring (bicyclic) bond motifs is 1. The number of nitrogens with two attached hydrogens (primary N) is 1. The summed E-state index contributed by atoms with van der Waals surface area (Å²) in [6.07, 6.45) is 1.90. The number of aromatic nitrogens is 2. The van der Waals surface area contributed by atoms with E-state index in [0.717, 1.165) is 10.9 Å². The first-order valence-corrected chi connectivity index (χ1v) is 6.21. The third kappa shape index (κ3) is 3.31. The Morgan fingerprint density at radius 1 is 1.37 bits per heavy atom. The van der Waals surface area contributed by atoms with Crippen LogP contribution < -0.4 is 16.4 Å². The number of rotatable bonds is 5. The standard InChI is InChI=1S/C13H17N5O/c1-2-15-12(19)5-6-16-13-10-7-9(14)3-4-11(10)17-8-18-13/h3-4,7-8H,2,5-6,14H2,1H3,(H,15,19)(H,16,17,18). The number of hydrogen-bond donors (Lipinski definition) is 3. The van der Waals surface area contributed by atoms with E-state index in [1.54, 1.807) is 6.07 Å². The van der Waals surface area contributed by atoms with Gasteiger partial charge in [0, 0.05) is 30.6 Å².